The van der Waals surface area contributed by atoms with E-state index in [1.165, 1.54) is 0 Å². The largest absolute Gasteiger partial charge is 0.346 e. The summed E-state index contributed by atoms with van der Waals surface area (Å²) < 4.78 is 23.3. The first-order valence-electron chi connectivity index (χ1n) is 11.0. The highest BCUT2D eigenvalue weighted by atomic mass is 35.5. The lowest BCUT2D eigenvalue weighted by Gasteiger charge is -2.24. The lowest BCUT2D eigenvalue weighted by molar-refractivity contribution is -0.128. The molecule has 9 heteroatoms. The molecule has 0 saturated carbocycles. The summed E-state index contributed by atoms with van der Waals surface area (Å²) in [6.45, 7) is 2.34. The van der Waals surface area contributed by atoms with Gasteiger partial charge in [-0.15, -0.1) is 11.8 Å². The number of hydrogen-bond acceptors (Lipinski definition) is 5. The first kappa shape index (κ1) is 25.3. The quantitative estimate of drug-likeness (QED) is 0.466. The molecule has 4 rings (SSSR count). The number of amides is 2. The van der Waals surface area contributed by atoms with Gasteiger partial charge in [0, 0.05) is 23.4 Å². The van der Waals surface area contributed by atoms with E-state index in [1.54, 1.807) is 48.2 Å². The summed E-state index contributed by atoms with van der Waals surface area (Å²) in [4.78, 5) is 27.4. The molecule has 1 fully saturated rings. The zero-order valence-electron chi connectivity index (χ0n) is 19.3. The van der Waals surface area contributed by atoms with E-state index in [2.05, 4.69) is 5.32 Å². The maximum Gasteiger partial charge on any atom is 0.251 e. The van der Waals surface area contributed by atoms with Gasteiger partial charge in [0.25, 0.3) is 5.91 Å². The van der Waals surface area contributed by atoms with E-state index in [0.29, 0.717) is 22.9 Å². The fourth-order valence-corrected chi connectivity index (χ4v) is 5.80. The minimum absolute atomic E-state index is 0.0764. The molecule has 3 aromatic carbocycles. The highest BCUT2D eigenvalue weighted by Gasteiger charge is 2.32. The first-order chi connectivity index (χ1) is 16.6. The molecule has 182 valence electrons. The number of sulfone groups is 1. The Morgan fingerprint density at radius 2 is 1.69 bits per heavy atom. The predicted molar refractivity (Wildman–Crippen MR) is 139 cm³/mol. The number of carbonyl (C=O) groups is 2. The minimum Gasteiger partial charge on any atom is -0.346 e. The topological polar surface area (TPSA) is 83.6 Å². The van der Waals surface area contributed by atoms with Crippen LogP contribution in [0.5, 0.6) is 0 Å². The summed E-state index contributed by atoms with van der Waals surface area (Å²) in [6.07, 6.45) is 1.16. The second kappa shape index (κ2) is 10.4. The molecule has 1 aliphatic heterocycles. The fraction of sp³-hybridized carbons (Fsp3) is 0.231. The summed E-state index contributed by atoms with van der Waals surface area (Å²) in [5.41, 5.74) is 3.27. The molecule has 1 aliphatic rings. The number of nitrogens with zero attached hydrogens (tertiary/aromatic N) is 1. The highest BCUT2D eigenvalue weighted by molar-refractivity contribution is 8.00. The summed E-state index contributed by atoms with van der Waals surface area (Å²) in [5.74, 6) is 0.257. The van der Waals surface area contributed by atoms with Gasteiger partial charge in [-0.05, 0) is 60.0 Å². The van der Waals surface area contributed by atoms with Crippen molar-refractivity contribution in [3.63, 3.8) is 0 Å². The van der Waals surface area contributed by atoms with Crippen LogP contribution in [-0.4, -0.2) is 37.1 Å². The van der Waals surface area contributed by atoms with Gasteiger partial charge >= 0.3 is 0 Å². The van der Waals surface area contributed by atoms with Crippen LogP contribution in [0, 0.1) is 0 Å². The monoisotopic (exact) mass is 528 g/mol. The molecule has 0 unspecified atom stereocenters. The molecule has 6 nitrogen and oxygen atoms in total. The lowest BCUT2D eigenvalue weighted by atomic mass is 10.1. The Kier molecular flexibility index (Phi) is 7.54. The zero-order valence-corrected chi connectivity index (χ0v) is 21.7. The summed E-state index contributed by atoms with van der Waals surface area (Å²) in [6, 6.07) is 20.9. The maximum absolute atomic E-state index is 12.8. The van der Waals surface area contributed by atoms with Crippen molar-refractivity contribution < 1.29 is 18.0 Å². The Morgan fingerprint density at radius 1 is 1.06 bits per heavy atom. The molecule has 2 amide bonds. The van der Waals surface area contributed by atoms with Crippen molar-refractivity contribution in [2.75, 3.05) is 12.0 Å². The summed E-state index contributed by atoms with van der Waals surface area (Å²) in [7, 11) is -3.27. The van der Waals surface area contributed by atoms with Crippen molar-refractivity contribution in [3.8, 4) is 0 Å². The van der Waals surface area contributed by atoms with E-state index in [4.69, 9.17) is 11.6 Å². The molecule has 1 N–H and O–H groups in total. The Hall–Kier alpha value is -2.81. The van der Waals surface area contributed by atoms with Gasteiger partial charge in [0.15, 0.2) is 9.84 Å². The number of rotatable bonds is 7. The Bertz CT molecular complexity index is 1330. The van der Waals surface area contributed by atoms with Crippen LogP contribution < -0.4 is 5.32 Å². The average Bonchev–Trinajstić information content (AvgIpc) is 3.20. The van der Waals surface area contributed by atoms with E-state index in [-0.39, 0.29) is 28.1 Å². The van der Waals surface area contributed by atoms with Gasteiger partial charge in [-0.2, -0.15) is 0 Å². The smallest absolute Gasteiger partial charge is 0.251 e. The van der Waals surface area contributed by atoms with Crippen LogP contribution in [0.3, 0.4) is 0 Å². The number of thioether (sulfide) groups is 1. The molecule has 0 radical (unpaired) electrons. The minimum atomic E-state index is -3.27. The number of hydrogen-bond donors (Lipinski definition) is 1. The van der Waals surface area contributed by atoms with Gasteiger partial charge in [-0.1, -0.05) is 48.0 Å². The van der Waals surface area contributed by atoms with E-state index >= 15 is 0 Å². The maximum atomic E-state index is 12.8. The third kappa shape index (κ3) is 6.07. The normalized spacial score (nSPS) is 16.8. The molecule has 2 atom stereocenters. The van der Waals surface area contributed by atoms with Crippen LogP contribution in [-0.2, 0) is 21.2 Å². The predicted octanol–water partition coefficient (Wildman–Crippen LogP) is 5.01. The number of halogens is 1. The van der Waals surface area contributed by atoms with E-state index in [1.807, 2.05) is 48.2 Å². The van der Waals surface area contributed by atoms with Crippen molar-refractivity contribution in [1.29, 1.82) is 0 Å². The molecule has 0 aromatic heterocycles. The average molecular weight is 529 g/mol. The molecule has 1 saturated heterocycles. The molecular weight excluding hydrogens is 504 g/mol. The third-order valence-electron chi connectivity index (χ3n) is 5.85. The van der Waals surface area contributed by atoms with Crippen LogP contribution in [0.4, 0.5) is 0 Å². The van der Waals surface area contributed by atoms with Gasteiger partial charge < -0.3 is 10.2 Å². The molecule has 1 heterocycles. The third-order valence-corrected chi connectivity index (χ3v) is 8.48. The van der Waals surface area contributed by atoms with Crippen molar-refractivity contribution in [2.24, 2.45) is 0 Å². The molecule has 3 aromatic rings. The molecular formula is C26H25ClN2O4S2. The fourth-order valence-electron chi connectivity index (χ4n) is 3.85. The summed E-state index contributed by atoms with van der Waals surface area (Å²) >= 11 is 7.54. The number of benzene rings is 3. The summed E-state index contributed by atoms with van der Waals surface area (Å²) in [5, 5.41) is 3.48. The lowest BCUT2D eigenvalue weighted by Crippen LogP contribution is -2.28. The highest BCUT2D eigenvalue weighted by Crippen LogP contribution is 2.39. The van der Waals surface area contributed by atoms with Gasteiger partial charge in [0.05, 0.1) is 16.7 Å². The molecule has 35 heavy (non-hydrogen) atoms. The number of carbonyl (C=O) groups excluding carboxylic acids is 2. The molecule has 0 bridgehead atoms. The van der Waals surface area contributed by atoms with E-state index in [0.717, 1.165) is 22.9 Å². The van der Waals surface area contributed by atoms with E-state index in [9.17, 15) is 18.0 Å². The van der Waals surface area contributed by atoms with Crippen LogP contribution >= 0.6 is 23.4 Å². The molecule has 0 spiro atoms. The van der Waals surface area contributed by atoms with Gasteiger partial charge in [0.2, 0.25) is 5.91 Å². The zero-order chi connectivity index (χ0) is 25.2. The second-order valence-corrected chi connectivity index (χ2v) is 12.0. The Balaban J connectivity index is 1.42. The second-order valence-electron chi connectivity index (χ2n) is 8.47. The number of nitrogens with one attached hydrogen (secondary N) is 1. The van der Waals surface area contributed by atoms with Gasteiger partial charge in [0.1, 0.15) is 5.37 Å². The standard InChI is InChI=1S/C26H25ClN2O4S2/c1-17(19-9-13-23(14-10-19)35(2,32)33)28-25(31)20-5-7-21(8-6-20)26-29(24(30)16-34-26)15-18-3-11-22(27)12-4-18/h3-14,17,26H,15-16H2,1-2H3,(H,28,31)/t17-,26-/m1/s1. The van der Waals surface area contributed by atoms with Crippen LogP contribution in [0.1, 0.15) is 45.4 Å². The van der Waals surface area contributed by atoms with E-state index < -0.39 is 9.84 Å². The Morgan fingerprint density at radius 3 is 2.29 bits per heavy atom. The van der Waals surface area contributed by atoms with Crippen molar-refractivity contribution in [2.45, 2.75) is 29.8 Å². The van der Waals surface area contributed by atoms with Crippen molar-refractivity contribution in [1.82, 2.24) is 10.2 Å². The van der Waals surface area contributed by atoms with Crippen molar-refractivity contribution in [3.05, 3.63) is 100 Å². The van der Waals surface area contributed by atoms with Crippen LogP contribution in [0.15, 0.2) is 77.7 Å². The van der Waals surface area contributed by atoms with Crippen LogP contribution in [0.25, 0.3) is 0 Å². The van der Waals surface area contributed by atoms with Gasteiger partial charge in [-0.3, -0.25) is 9.59 Å². The first-order valence-corrected chi connectivity index (χ1v) is 14.3. The Labute approximate surface area is 214 Å². The molecule has 0 aliphatic carbocycles. The van der Waals surface area contributed by atoms with Crippen molar-refractivity contribution >= 4 is 45.0 Å². The SMILES string of the molecule is C[C@@H](NC(=O)c1ccc([C@H]2SCC(=O)N2Cc2ccc(Cl)cc2)cc1)c1ccc(S(C)(=O)=O)cc1. The van der Waals surface area contributed by atoms with Crippen LogP contribution in [0.2, 0.25) is 5.02 Å². The van der Waals surface area contributed by atoms with Gasteiger partial charge in [-0.25, -0.2) is 8.42 Å².